The number of benzene rings is 2. The molecule has 0 saturated carbocycles. The number of nitrogens with one attached hydrogen (secondary N) is 1. The fourth-order valence-corrected chi connectivity index (χ4v) is 6.08. The fourth-order valence-electron chi connectivity index (χ4n) is 3.65. The first kappa shape index (κ1) is 24.8. The van der Waals surface area contributed by atoms with Crippen LogP contribution in [0.4, 0.5) is 5.69 Å². The molecule has 2 aromatic heterocycles. The second-order valence-corrected chi connectivity index (χ2v) is 10.7. The quantitative estimate of drug-likeness (QED) is 0.205. The minimum Gasteiger partial charge on any atom is -0.325 e. The predicted octanol–water partition coefficient (Wildman–Crippen LogP) is 7.05. The molecule has 0 aliphatic heterocycles. The maximum absolute atomic E-state index is 13.7. The Labute approximate surface area is 216 Å². The number of fused-ring (bicyclic) bond motifs is 1. The van der Waals surface area contributed by atoms with Crippen LogP contribution in [0, 0.1) is 13.8 Å². The van der Waals surface area contributed by atoms with E-state index >= 15 is 0 Å². The second kappa shape index (κ2) is 10.5. The van der Waals surface area contributed by atoms with Gasteiger partial charge in [-0.05, 0) is 67.8 Å². The van der Waals surface area contributed by atoms with Gasteiger partial charge in [0, 0.05) is 20.6 Å². The molecule has 34 heavy (non-hydrogen) atoms. The maximum Gasteiger partial charge on any atom is 0.267 e. The number of carbonyl (C=O) groups is 1. The van der Waals surface area contributed by atoms with Crippen LogP contribution in [-0.2, 0) is 11.2 Å². The van der Waals surface area contributed by atoms with E-state index in [0.717, 1.165) is 24.0 Å². The molecule has 0 bridgehead atoms. The van der Waals surface area contributed by atoms with Gasteiger partial charge in [0.1, 0.15) is 4.83 Å². The van der Waals surface area contributed by atoms with Gasteiger partial charge in [-0.1, -0.05) is 54.4 Å². The number of anilines is 1. The summed E-state index contributed by atoms with van der Waals surface area (Å²) < 4.78 is 1.57. The second-order valence-electron chi connectivity index (χ2n) is 7.84. The zero-order valence-corrected chi connectivity index (χ0v) is 22.1. The molecule has 0 radical (unpaired) electrons. The molecule has 176 valence electrons. The number of nitrogens with zero attached hydrogens (tertiary/aromatic N) is 2. The van der Waals surface area contributed by atoms with Gasteiger partial charge in [0.2, 0.25) is 5.91 Å². The highest BCUT2D eigenvalue weighted by atomic mass is 35.5. The molecule has 0 aliphatic rings. The average Bonchev–Trinajstić information content (AvgIpc) is 3.12. The van der Waals surface area contributed by atoms with Gasteiger partial charge in [-0.25, -0.2) is 4.98 Å². The molecular formula is C25H23Cl2N3O2S2. The number of rotatable bonds is 7. The lowest BCUT2D eigenvalue weighted by Gasteiger charge is -2.13. The van der Waals surface area contributed by atoms with Crippen molar-refractivity contribution in [3.8, 4) is 5.69 Å². The number of aryl methyl sites for hydroxylation is 2. The van der Waals surface area contributed by atoms with Crippen LogP contribution in [0.15, 0.2) is 52.4 Å². The van der Waals surface area contributed by atoms with Crippen molar-refractivity contribution in [2.75, 3.05) is 11.1 Å². The number of hydrogen-bond acceptors (Lipinski definition) is 5. The third-order valence-corrected chi connectivity index (χ3v) is 8.31. The fraction of sp³-hybridized carbons (Fsp3) is 0.240. The molecule has 4 aromatic rings. The van der Waals surface area contributed by atoms with Crippen molar-refractivity contribution in [1.82, 2.24) is 9.55 Å². The van der Waals surface area contributed by atoms with Crippen LogP contribution in [0.25, 0.3) is 15.9 Å². The molecule has 2 aromatic carbocycles. The average molecular weight is 533 g/mol. The van der Waals surface area contributed by atoms with Crippen LogP contribution in [0.1, 0.15) is 29.3 Å². The zero-order chi connectivity index (χ0) is 24.4. The highest BCUT2D eigenvalue weighted by Crippen LogP contribution is 2.31. The topological polar surface area (TPSA) is 64.0 Å². The summed E-state index contributed by atoms with van der Waals surface area (Å²) in [5, 5.41) is 5.15. The van der Waals surface area contributed by atoms with Crippen LogP contribution in [-0.4, -0.2) is 21.2 Å². The molecule has 1 amide bonds. The van der Waals surface area contributed by atoms with E-state index in [1.807, 2.05) is 13.8 Å². The SMILES string of the molecule is CCCc1sc2nc(SCC(=O)Nc3cccc(Cl)c3C)n(-c3ccc(Cl)cc3)c(=O)c2c1C. The van der Waals surface area contributed by atoms with Crippen molar-refractivity contribution in [2.45, 2.75) is 38.8 Å². The first-order valence-electron chi connectivity index (χ1n) is 10.8. The zero-order valence-electron chi connectivity index (χ0n) is 18.9. The van der Waals surface area contributed by atoms with Crippen LogP contribution < -0.4 is 10.9 Å². The molecule has 0 atom stereocenters. The van der Waals surface area contributed by atoms with Crippen LogP contribution in [0.3, 0.4) is 0 Å². The molecule has 0 fully saturated rings. The number of halogens is 2. The van der Waals surface area contributed by atoms with Gasteiger partial charge >= 0.3 is 0 Å². The Kier molecular flexibility index (Phi) is 7.67. The lowest BCUT2D eigenvalue weighted by atomic mass is 10.1. The molecule has 9 heteroatoms. The highest BCUT2D eigenvalue weighted by molar-refractivity contribution is 7.99. The summed E-state index contributed by atoms with van der Waals surface area (Å²) in [6, 6.07) is 12.4. The third kappa shape index (κ3) is 5.03. The minimum atomic E-state index is -0.207. The van der Waals surface area contributed by atoms with Crippen LogP contribution in [0.2, 0.25) is 10.0 Å². The molecule has 0 unspecified atom stereocenters. The summed E-state index contributed by atoms with van der Waals surface area (Å²) in [6.45, 7) is 5.95. The molecule has 4 rings (SSSR count). The number of thioether (sulfide) groups is 1. The predicted molar refractivity (Wildman–Crippen MR) is 145 cm³/mol. The molecule has 1 N–H and O–H groups in total. The van der Waals surface area contributed by atoms with Gasteiger partial charge in [0.15, 0.2) is 5.16 Å². The van der Waals surface area contributed by atoms with Crippen molar-refractivity contribution in [2.24, 2.45) is 0 Å². The van der Waals surface area contributed by atoms with E-state index in [9.17, 15) is 9.59 Å². The van der Waals surface area contributed by atoms with E-state index in [4.69, 9.17) is 28.2 Å². The smallest absolute Gasteiger partial charge is 0.267 e. The maximum atomic E-state index is 13.7. The Bertz CT molecular complexity index is 1430. The van der Waals surface area contributed by atoms with Gasteiger partial charge in [-0.15, -0.1) is 11.3 Å². The Hall–Kier alpha value is -2.32. The van der Waals surface area contributed by atoms with Crippen molar-refractivity contribution in [1.29, 1.82) is 0 Å². The monoisotopic (exact) mass is 531 g/mol. The molecule has 0 spiro atoms. The van der Waals surface area contributed by atoms with E-state index in [0.29, 0.717) is 36.8 Å². The Morgan fingerprint density at radius 3 is 2.56 bits per heavy atom. The summed E-state index contributed by atoms with van der Waals surface area (Å²) in [6.07, 6.45) is 1.89. The van der Waals surface area contributed by atoms with E-state index < -0.39 is 0 Å². The van der Waals surface area contributed by atoms with Gasteiger partial charge in [-0.2, -0.15) is 0 Å². The van der Waals surface area contributed by atoms with Crippen molar-refractivity contribution < 1.29 is 4.79 Å². The van der Waals surface area contributed by atoms with Gasteiger partial charge in [0.25, 0.3) is 5.56 Å². The van der Waals surface area contributed by atoms with E-state index in [1.54, 1.807) is 58.4 Å². The van der Waals surface area contributed by atoms with Gasteiger partial charge in [-0.3, -0.25) is 14.2 Å². The summed E-state index contributed by atoms with van der Waals surface area (Å²) in [7, 11) is 0. The molecule has 0 saturated heterocycles. The van der Waals surface area contributed by atoms with Gasteiger partial charge < -0.3 is 5.32 Å². The largest absolute Gasteiger partial charge is 0.325 e. The molecule has 2 heterocycles. The first-order chi connectivity index (χ1) is 16.3. The normalized spacial score (nSPS) is 11.2. The lowest BCUT2D eigenvalue weighted by Crippen LogP contribution is -2.23. The molecule has 0 aliphatic carbocycles. The summed E-state index contributed by atoms with van der Waals surface area (Å²) in [5.41, 5.74) is 2.96. The summed E-state index contributed by atoms with van der Waals surface area (Å²) >= 11 is 15.0. The first-order valence-corrected chi connectivity index (χ1v) is 13.3. The molecule has 5 nitrogen and oxygen atoms in total. The van der Waals surface area contributed by atoms with Gasteiger partial charge in [0.05, 0.1) is 16.8 Å². The van der Waals surface area contributed by atoms with Crippen molar-refractivity contribution in [3.05, 3.63) is 78.9 Å². The Balaban J connectivity index is 1.72. The minimum absolute atomic E-state index is 0.0870. The summed E-state index contributed by atoms with van der Waals surface area (Å²) in [5.74, 6) is -0.120. The standard InChI is InChI=1S/C25H23Cl2N3O2S2/c1-4-6-20-15(3)22-23(34-20)29-25(30(24(22)32)17-11-9-16(26)10-12-17)33-13-21(31)28-19-8-5-7-18(27)14(19)2/h5,7-12H,4,6,13H2,1-3H3,(H,28,31). The van der Waals surface area contributed by atoms with Crippen molar-refractivity contribution in [3.63, 3.8) is 0 Å². The van der Waals surface area contributed by atoms with Crippen molar-refractivity contribution >= 4 is 68.1 Å². The number of thiophene rings is 1. The number of aromatic nitrogens is 2. The third-order valence-electron chi connectivity index (χ3n) is 5.47. The van der Waals surface area contributed by atoms with E-state index in [2.05, 4.69) is 12.2 Å². The number of amides is 1. The Morgan fingerprint density at radius 2 is 1.85 bits per heavy atom. The molecular weight excluding hydrogens is 509 g/mol. The van der Waals surface area contributed by atoms with Crippen LogP contribution in [0.5, 0.6) is 0 Å². The highest BCUT2D eigenvalue weighted by Gasteiger charge is 2.20. The lowest BCUT2D eigenvalue weighted by molar-refractivity contribution is -0.113. The summed E-state index contributed by atoms with van der Waals surface area (Å²) in [4.78, 5) is 33.1. The van der Waals surface area contributed by atoms with E-state index in [-0.39, 0.29) is 17.2 Å². The Morgan fingerprint density at radius 1 is 1.12 bits per heavy atom. The van der Waals surface area contributed by atoms with Crippen LogP contribution >= 0.6 is 46.3 Å². The number of hydrogen-bond donors (Lipinski definition) is 1. The van der Waals surface area contributed by atoms with E-state index in [1.165, 1.54) is 16.6 Å². The number of carbonyl (C=O) groups excluding carboxylic acids is 1.